The van der Waals surface area contributed by atoms with Gasteiger partial charge in [0.2, 0.25) is 11.8 Å². The number of anilines is 1. The second kappa shape index (κ2) is 7.02. The van der Waals surface area contributed by atoms with E-state index in [-0.39, 0.29) is 31.2 Å². The van der Waals surface area contributed by atoms with E-state index < -0.39 is 12.1 Å². The van der Waals surface area contributed by atoms with Crippen molar-refractivity contribution in [3.63, 3.8) is 0 Å². The zero-order valence-corrected chi connectivity index (χ0v) is 12.8. The first kappa shape index (κ1) is 17.3. The van der Waals surface area contributed by atoms with Gasteiger partial charge >= 0.3 is 6.18 Å². The van der Waals surface area contributed by atoms with Crippen LogP contribution in [0.1, 0.15) is 25.3 Å². The summed E-state index contributed by atoms with van der Waals surface area (Å²) in [5.41, 5.74) is 1.32. The highest BCUT2D eigenvalue weighted by Gasteiger charge is 2.42. The molecule has 0 radical (unpaired) electrons. The Kier molecular flexibility index (Phi) is 5.28. The Morgan fingerprint density at radius 1 is 1.26 bits per heavy atom. The number of nitrogens with one attached hydrogen (secondary N) is 1. The fraction of sp³-hybridized carbons (Fsp3) is 0.500. The Hall–Kier alpha value is -2.05. The molecule has 126 valence electrons. The lowest BCUT2D eigenvalue weighted by Crippen LogP contribution is -2.45. The predicted molar refractivity (Wildman–Crippen MR) is 79.8 cm³/mol. The van der Waals surface area contributed by atoms with Crippen LogP contribution in [0.3, 0.4) is 0 Å². The smallest absolute Gasteiger partial charge is 0.342 e. The number of rotatable bonds is 3. The summed E-state index contributed by atoms with van der Waals surface area (Å²) in [6.45, 7) is 1.51. The number of benzene rings is 1. The summed E-state index contributed by atoms with van der Waals surface area (Å²) in [5.74, 6) is -1.92. The van der Waals surface area contributed by atoms with Gasteiger partial charge in [0.1, 0.15) is 0 Å². The van der Waals surface area contributed by atoms with Gasteiger partial charge in [0, 0.05) is 25.7 Å². The predicted octanol–water partition coefficient (Wildman–Crippen LogP) is 2.99. The van der Waals surface area contributed by atoms with Crippen molar-refractivity contribution in [1.82, 2.24) is 4.90 Å². The van der Waals surface area contributed by atoms with Gasteiger partial charge in [0.05, 0.1) is 12.3 Å². The monoisotopic (exact) mass is 328 g/mol. The number of likely N-dealkylation sites (tertiary alicyclic amines) is 1. The Balaban J connectivity index is 1.94. The van der Waals surface area contributed by atoms with Gasteiger partial charge in [0.15, 0.2) is 0 Å². The first-order valence-electron chi connectivity index (χ1n) is 7.46. The van der Waals surface area contributed by atoms with E-state index in [4.69, 9.17) is 0 Å². The van der Waals surface area contributed by atoms with Crippen LogP contribution >= 0.6 is 0 Å². The zero-order chi connectivity index (χ0) is 17.0. The van der Waals surface area contributed by atoms with Gasteiger partial charge in [-0.1, -0.05) is 12.1 Å². The lowest BCUT2D eigenvalue weighted by atomic mass is 9.97. The average molecular weight is 328 g/mol. The third kappa shape index (κ3) is 4.97. The number of halogens is 3. The summed E-state index contributed by atoms with van der Waals surface area (Å²) in [7, 11) is 0. The van der Waals surface area contributed by atoms with Crippen molar-refractivity contribution in [2.75, 3.05) is 18.4 Å². The molecule has 0 saturated carbocycles. The van der Waals surface area contributed by atoms with Crippen LogP contribution in [0.4, 0.5) is 18.9 Å². The maximum atomic E-state index is 12.8. The molecule has 0 spiro atoms. The normalized spacial score (nSPS) is 18.6. The molecule has 1 heterocycles. The largest absolute Gasteiger partial charge is 0.393 e. The van der Waals surface area contributed by atoms with E-state index in [1.54, 1.807) is 24.3 Å². The summed E-state index contributed by atoms with van der Waals surface area (Å²) in [4.78, 5) is 24.4. The molecule has 2 amide bonds. The molecular formula is C16H19F3N2O2. The van der Waals surface area contributed by atoms with Crippen LogP contribution < -0.4 is 5.32 Å². The number of carbonyl (C=O) groups is 2. The maximum Gasteiger partial charge on any atom is 0.393 e. The van der Waals surface area contributed by atoms with Gasteiger partial charge < -0.3 is 10.2 Å². The van der Waals surface area contributed by atoms with Gasteiger partial charge in [-0.05, 0) is 30.5 Å². The summed E-state index contributed by atoms with van der Waals surface area (Å²) in [6.07, 6.45) is -3.74. The van der Waals surface area contributed by atoms with E-state index in [1.807, 2.05) is 0 Å². The summed E-state index contributed by atoms with van der Waals surface area (Å²) in [5, 5.41) is 2.61. The highest BCUT2D eigenvalue weighted by atomic mass is 19.4. The third-order valence-electron chi connectivity index (χ3n) is 3.87. The molecule has 1 saturated heterocycles. The van der Waals surface area contributed by atoms with Crippen LogP contribution in [0, 0.1) is 5.92 Å². The van der Waals surface area contributed by atoms with Crippen LogP contribution in [0.5, 0.6) is 0 Å². The van der Waals surface area contributed by atoms with Gasteiger partial charge in [-0.2, -0.15) is 13.2 Å². The molecule has 1 fully saturated rings. The minimum Gasteiger partial charge on any atom is -0.342 e. The second-order valence-electron chi connectivity index (χ2n) is 5.78. The second-order valence-corrected chi connectivity index (χ2v) is 5.78. The average Bonchev–Trinajstić information content (AvgIpc) is 2.48. The van der Waals surface area contributed by atoms with Crippen LogP contribution in [0.2, 0.25) is 0 Å². The molecule has 2 rings (SSSR count). The first-order chi connectivity index (χ1) is 10.8. The minimum absolute atomic E-state index is 0.0604. The zero-order valence-electron chi connectivity index (χ0n) is 12.8. The van der Waals surface area contributed by atoms with Crippen molar-refractivity contribution in [3.8, 4) is 0 Å². The van der Waals surface area contributed by atoms with E-state index in [1.165, 1.54) is 11.8 Å². The number of carbonyl (C=O) groups excluding carboxylic acids is 2. The van der Waals surface area contributed by atoms with Crippen molar-refractivity contribution in [2.45, 2.75) is 32.4 Å². The molecule has 1 atom stereocenters. The van der Waals surface area contributed by atoms with Gasteiger partial charge in [-0.3, -0.25) is 9.59 Å². The maximum absolute atomic E-state index is 12.8. The summed E-state index contributed by atoms with van der Waals surface area (Å²) < 4.78 is 38.3. The lowest BCUT2D eigenvalue weighted by molar-refractivity contribution is -0.187. The highest BCUT2D eigenvalue weighted by molar-refractivity contribution is 5.88. The highest BCUT2D eigenvalue weighted by Crippen LogP contribution is 2.33. The van der Waals surface area contributed by atoms with E-state index >= 15 is 0 Å². The Morgan fingerprint density at radius 3 is 2.48 bits per heavy atom. The van der Waals surface area contributed by atoms with Crippen LogP contribution in [-0.2, 0) is 16.0 Å². The fourth-order valence-electron chi connectivity index (χ4n) is 2.67. The van der Waals surface area contributed by atoms with Crippen molar-refractivity contribution >= 4 is 17.5 Å². The van der Waals surface area contributed by atoms with E-state index in [0.717, 1.165) is 0 Å². The molecule has 0 aromatic heterocycles. The van der Waals surface area contributed by atoms with Crippen molar-refractivity contribution in [2.24, 2.45) is 5.92 Å². The van der Waals surface area contributed by atoms with E-state index in [9.17, 15) is 22.8 Å². The SMILES string of the molecule is CC(=O)Nc1ccc(CC(=O)N2CCC[C@H](C(F)(F)F)C2)cc1. The van der Waals surface area contributed by atoms with Crippen molar-refractivity contribution in [3.05, 3.63) is 29.8 Å². The number of hydrogen-bond acceptors (Lipinski definition) is 2. The molecule has 1 aliphatic rings. The van der Waals surface area contributed by atoms with E-state index in [2.05, 4.69) is 5.32 Å². The molecule has 4 nitrogen and oxygen atoms in total. The van der Waals surface area contributed by atoms with Gasteiger partial charge in [0.25, 0.3) is 0 Å². The molecule has 1 aromatic carbocycles. The third-order valence-corrected chi connectivity index (χ3v) is 3.87. The fourth-order valence-corrected chi connectivity index (χ4v) is 2.67. The molecule has 23 heavy (non-hydrogen) atoms. The lowest BCUT2D eigenvalue weighted by Gasteiger charge is -2.33. The van der Waals surface area contributed by atoms with Crippen molar-refractivity contribution < 1.29 is 22.8 Å². The van der Waals surface area contributed by atoms with E-state index in [0.29, 0.717) is 24.2 Å². The van der Waals surface area contributed by atoms with Gasteiger partial charge in [-0.15, -0.1) is 0 Å². The van der Waals surface area contributed by atoms with Crippen LogP contribution in [0.15, 0.2) is 24.3 Å². The topological polar surface area (TPSA) is 49.4 Å². The number of alkyl halides is 3. The number of piperidine rings is 1. The molecule has 1 aliphatic heterocycles. The number of amides is 2. The number of nitrogens with zero attached hydrogens (tertiary/aromatic N) is 1. The molecular weight excluding hydrogens is 309 g/mol. The molecule has 1 aromatic rings. The summed E-state index contributed by atoms with van der Waals surface area (Å²) >= 11 is 0. The van der Waals surface area contributed by atoms with Crippen LogP contribution in [0.25, 0.3) is 0 Å². The molecule has 1 N–H and O–H groups in total. The summed E-state index contributed by atoms with van der Waals surface area (Å²) in [6, 6.07) is 6.71. The Morgan fingerprint density at radius 2 is 1.91 bits per heavy atom. The van der Waals surface area contributed by atoms with Gasteiger partial charge in [-0.25, -0.2) is 0 Å². The number of hydrogen-bond donors (Lipinski definition) is 1. The minimum atomic E-state index is -4.25. The first-order valence-corrected chi connectivity index (χ1v) is 7.46. The molecule has 0 aliphatic carbocycles. The molecule has 0 bridgehead atoms. The Labute approximate surface area is 132 Å². The van der Waals surface area contributed by atoms with Crippen LogP contribution in [-0.4, -0.2) is 36.0 Å². The Bertz CT molecular complexity index is 570. The molecule has 7 heteroatoms. The standard InChI is InChI=1S/C16H19F3N2O2/c1-11(22)20-14-6-4-12(5-7-14)9-15(23)21-8-2-3-13(10-21)16(17,18)19/h4-7,13H,2-3,8-10H2,1H3,(H,20,22)/t13-/m0/s1. The quantitative estimate of drug-likeness (QED) is 0.927. The van der Waals surface area contributed by atoms with Crippen molar-refractivity contribution in [1.29, 1.82) is 0 Å². The molecule has 0 unspecified atom stereocenters.